The number of aryl methyl sites for hydroxylation is 1. The van der Waals surface area contributed by atoms with Crippen molar-refractivity contribution in [1.29, 1.82) is 0 Å². The lowest BCUT2D eigenvalue weighted by molar-refractivity contribution is 0.0917. The van der Waals surface area contributed by atoms with Crippen molar-refractivity contribution in [3.8, 4) is 0 Å². The van der Waals surface area contributed by atoms with Crippen LogP contribution in [-0.4, -0.2) is 41.0 Å². The smallest absolute Gasteiger partial charge is 0.118 e. The zero-order chi connectivity index (χ0) is 14.7. The Balaban J connectivity index is 1.53. The number of hydrogen-bond donors (Lipinski definition) is 0. The van der Waals surface area contributed by atoms with Crippen LogP contribution in [0.5, 0.6) is 0 Å². The van der Waals surface area contributed by atoms with E-state index in [9.17, 15) is 0 Å². The maximum absolute atomic E-state index is 5.66. The molecule has 1 aliphatic rings. The molecule has 0 unspecified atom stereocenters. The van der Waals surface area contributed by atoms with Gasteiger partial charge in [-0.15, -0.1) is 0 Å². The van der Waals surface area contributed by atoms with Crippen LogP contribution in [0.25, 0.3) is 0 Å². The molecule has 4 heteroatoms. The number of aromatic nitrogens is 1. The Morgan fingerprint density at radius 1 is 1.14 bits per heavy atom. The van der Waals surface area contributed by atoms with Crippen molar-refractivity contribution in [3.63, 3.8) is 0 Å². The zero-order valence-corrected chi connectivity index (χ0v) is 12.8. The van der Waals surface area contributed by atoms with Gasteiger partial charge in [-0.3, -0.25) is 14.8 Å². The molecule has 3 heterocycles. The van der Waals surface area contributed by atoms with Crippen molar-refractivity contribution in [2.75, 3.05) is 26.2 Å². The number of rotatable bonds is 4. The molecule has 0 spiro atoms. The second-order valence-corrected chi connectivity index (χ2v) is 5.76. The molecule has 0 amide bonds. The molecule has 1 fully saturated rings. The molecule has 4 nitrogen and oxygen atoms in total. The van der Waals surface area contributed by atoms with Crippen LogP contribution >= 0.6 is 0 Å². The lowest BCUT2D eigenvalue weighted by atomic mass is 10.1. The van der Waals surface area contributed by atoms with E-state index in [-0.39, 0.29) is 0 Å². The van der Waals surface area contributed by atoms with Crippen LogP contribution in [0.3, 0.4) is 0 Å². The van der Waals surface area contributed by atoms with Gasteiger partial charge in [-0.2, -0.15) is 0 Å². The minimum Gasteiger partial charge on any atom is -0.465 e. The van der Waals surface area contributed by atoms with Crippen LogP contribution < -0.4 is 0 Å². The highest BCUT2D eigenvalue weighted by molar-refractivity contribution is 5.09. The van der Waals surface area contributed by atoms with E-state index >= 15 is 0 Å². The van der Waals surface area contributed by atoms with Gasteiger partial charge in [0.15, 0.2) is 0 Å². The second kappa shape index (κ2) is 6.41. The first-order valence-electron chi connectivity index (χ1n) is 7.65. The SMILES string of the molecule is Cc1ccc(CN2CCN([C@H](C)c3ccccn3)CC2)o1. The summed E-state index contributed by atoms with van der Waals surface area (Å²) in [6.07, 6.45) is 1.88. The molecule has 0 saturated carbocycles. The van der Waals surface area contributed by atoms with E-state index in [4.69, 9.17) is 4.42 Å². The molecule has 1 saturated heterocycles. The number of nitrogens with zero attached hydrogens (tertiary/aromatic N) is 3. The Morgan fingerprint density at radius 3 is 2.57 bits per heavy atom. The molecule has 0 radical (unpaired) electrons. The van der Waals surface area contributed by atoms with Gasteiger partial charge in [0, 0.05) is 38.4 Å². The van der Waals surface area contributed by atoms with E-state index in [1.807, 2.05) is 25.3 Å². The van der Waals surface area contributed by atoms with E-state index < -0.39 is 0 Å². The lowest BCUT2D eigenvalue weighted by Gasteiger charge is -2.37. The first-order chi connectivity index (χ1) is 10.2. The molecule has 0 aromatic carbocycles. The maximum atomic E-state index is 5.66. The van der Waals surface area contributed by atoms with Crippen LogP contribution in [0.15, 0.2) is 40.9 Å². The van der Waals surface area contributed by atoms with Crippen molar-refractivity contribution < 1.29 is 4.42 Å². The standard InChI is InChI=1S/C17H23N3O/c1-14-6-7-16(21-14)13-19-9-11-20(12-10-19)15(2)17-5-3-4-8-18-17/h3-8,15H,9-13H2,1-2H3/t15-/m1/s1. The number of pyridine rings is 1. The molecule has 0 aliphatic carbocycles. The van der Waals surface area contributed by atoms with Gasteiger partial charge in [0.2, 0.25) is 0 Å². The van der Waals surface area contributed by atoms with Crippen molar-refractivity contribution in [2.45, 2.75) is 26.4 Å². The monoisotopic (exact) mass is 285 g/mol. The molecule has 3 rings (SSSR count). The van der Waals surface area contributed by atoms with Crippen molar-refractivity contribution in [1.82, 2.24) is 14.8 Å². The first-order valence-corrected chi connectivity index (χ1v) is 7.65. The lowest BCUT2D eigenvalue weighted by Crippen LogP contribution is -2.46. The van der Waals surface area contributed by atoms with Crippen molar-refractivity contribution >= 4 is 0 Å². The minimum absolute atomic E-state index is 0.388. The van der Waals surface area contributed by atoms with Gasteiger partial charge in [-0.25, -0.2) is 0 Å². The normalized spacial score (nSPS) is 18.8. The predicted molar refractivity (Wildman–Crippen MR) is 82.9 cm³/mol. The molecule has 0 N–H and O–H groups in total. The number of hydrogen-bond acceptors (Lipinski definition) is 4. The third-order valence-electron chi connectivity index (χ3n) is 4.25. The Hall–Kier alpha value is -1.65. The minimum atomic E-state index is 0.388. The van der Waals surface area contributed by atoms with Crippen LogP contribution in [0.1, 0.15) is 30.2 Å². The fourth-order valence-corrected chi connectivity index (χ4v) is 2.91. The predicted octanol–water partition coefficient (Wildman–Crippen LogP) is 2.86. The maximum Gasteiger partial charge on any atom is 0.118 e. The van der Waals surface area contributed by atoms with Crippen LogP contribution in [0.4, 0.5) is 0 Å². The highest BCUT2D eigenvalue weighted by atomic mass is 16.3. The Kier molecular flexibility index (Phi) is 4.36. The van der Waals surface area contributed by atoms with Gasteiger partial charge in [0.1, 0.15) is 11.5 Å². The van der Waals surface area contributed by atoms with Crippen LogP contribution in [0.2, 0.25) is 0 Å². The second-order valence-electron chi connectivity index (χ2n) is 5.76. The van der Waals surface area contributed by atoms with Crippen molar-refractivity contribution in [3.05, 3.63) is 53.7 Å². The molecule has 2 aromatic heterocycles. The fraction of sp³-hybridized carbons (Fsp3) is 0.471. The van der Waals surface area contributed by atoms with Gasteiger partial charge in [-0.05, 0) is 38.1 Å². The first kappa shape index (κ1) is 14.3. The average molecular weight is 285 g/mol. The fourth-order valence-electron chi connectivity index (χ4n) is 2.91. The summed E-state index contributed by atoms with van der Waals surface area (Å²) >= 11 is 0. The number of piperazine rings is 1. The number of furan rings is 1. The Labute approximate surface area is 126 Å². The van der Waals surface area contributed by atoms with Gasteiger partial charge in [0.25, 0.3) is 0 Å². The highest BCUT2D eigenvalue weighted by Gasteiger charge is 2.23. The summed E-state index contributed by atoms with van der Waals surface area (Å²) in [6, 6.07) is 10.7. The van der Waals surface area contributed by atoms with E-state index in [2.05, 4.69) is 39.9 Å². The Morgan fingerprint density at radius 2 is 1.95 bits per heavy atom. The molecular formula is C17H23N3O. The summed E-state index contributed by atoms with van der Waals surface area (Å²) in [4.78, 5) is 9.44. The molecule has 0 bridgehead atoms. The van der Waals surface area contributed by atoms with Gasteiger partial charge >= 0.3 is 0 Å². The van der Waals surface area contributed by atoms with E-state index in [0.717, 1.165) is 49.9 Å². The molecule has 112 valence electrons. The quantitative estimate of drug-likeness (QED) is 0.864. The van der Waals surface area contributed by atoms with Crippen LogP contribution in [0, 0.1) is 6.92 Å². The van der Waals surface area contributed by atoms with Crippen LogP contribution in [-0.2, 0) is 6.54 Å². The molecular weight excluding hydrogens is 262 g/mol. The summed E-state index contributed by atoms with van der Waals surface area (Å²) < 4.78 is 5.66. The summed E-state index contributed by atoms with van der Waals surface area (Å²) in [7, 11) is 0. The van der Waals surface area contributed by atoms with Gasteiger partial charge in [0.05, 0.1) is 12.2 Å². The third kappa shape index (κ3) is 3.52. The van der Waals surface area contributed by atoms with E-state index in [1.165, 1.54) is 0 Å². The molecule has 2 aromatic rings. The molecule has 1 aliphatic heterocycles. The highest BCUT2D eigenvalue weighted by Crippen LogP contribution is 2.20. The summed E-state index contributed by atoms with van der Waals surface area (Å²) in [5.74, 6) is 2.06. The molecule has 21 heavy (non-hydrogen) atoms. The summed E-state index contributed by atoms with van der Waals surface area (Å²) in [5.41, 5.74) is 1.16. The summed E-state index contributed by atoms with van der Waals surface area (Å²) in [5, 5.41) is 0. The third-order valence-corrected chi connectivity index (χ3v) is 4.25. The van der Waals surface area contributed by atoms with Gasteiger partial charge < -0.3 is 4.42 Å². The Bertz CT molecular complexity index is 558. The van der Waals surface area contributed by atoms with E-state index in [0.29, 0.717) is 6.04 Å². The molecule has 1 atom stereocenters. The summed E-state index contributed by atoms with van der Waals surface area (Å²) in [6.45, 7) is 9.48. The van der Waals surface area contributed by atoms with E-state index in [1.54, 1.807) is 0 Å². The average Bonchev–Trinajstić information content (AvgIpc) is 2.93. The topological polar surface area (TPSA) is 32.5 Å². The largest absolute Gasteiger partial charge is 0.465 e. The zero-order valence-electron chi connectivity index (χ0n) is 12.8. The van der Waals surface area contributed by atoms with Gasteiger partial charge in [-0.1, -0.05) is 6.07 Å². The van der Waals surface area contributed by atoms with Crippen molar-refractivity contribution in [2.24, 2.45) is 0 Å².